The van der Waals surface area contributed by atoms with Gasteiger partial charge in [-0.25, -0.2) is 0 Å². The van der Waals surface area contributed by atoms with Crippen LogP contribution in [0.4, 0.5) is 0 Å². The normalized spacial score (nSPS) is 18.3. The van der Waals surface area contributed by atoms with Crippen molar-refractivity contribution < 1.29 is 4.79 Å². The fraction of sp³-hybridized carbons (Fsp3) is 0.278. The van der Waals surface area contributed by atoms with Gasteiger partial charge in [-0.2, -0.15) is 5.10 Å². The van der Waals surface area contributed by atoms with Crippen LogP contribution in [-0.4, -0.2) is 39.1 Å². The highest BCUT2D eigenvalue weighted by Gasteiger charge is 2.26. The molecule has 2 aromatic heterocycles. The first-order valence-electron chi connectivity index (χ1n) is 7.94. The number of carbonyl (C=O) groups excluding carboxylic acids is 1. The molecule has 5 nitrogen and oxygen atoms in total. The molecule has 1 atom stereocenters. The number of aromatic amines is 1. The van der Waals surface area contributed by atoms with E-state index in [0.717, 1.165) is 30.5 Å². The average molecular weight is 306 g/mol. The van der Waals surface area contributed by atoms with Crippen LogP contribution in [0.25, 0.3) is 10.8 Å². The smallest absolute Gasteiger partial charge is 0.271 e. The molecule has 1 unspecified atom stereocenters. The number of piperidine rings is 1. The Morgan fingerprint density at radius 1 is 1.22 bits per heavy atom. The van der Waals surface area contributed by atoms with Gasteiger partial charge in [0, 0.05) is 42.5 Å². The standard InChI is InChI=1S/C18H18N4O/c23-18(16-7-8-20-21-16)22-9-3-6-15(12-22)17-10-13-4-1-2-5-14(13)11-19-17/h1-2,4-5,7-8,10-11,15H,3,6,9,12H2,(H,20,21). The lowest BCUT2D eigenvalue weighted by molar-refractivity contribution is 0.0700. The van der Waals surface area contributed by atoms with Gasteiger partial charge < -0.3 is 4.90 Å². The van der Waals surface area contributed by atoms with Gasteiger partial charge in [0.15, 0.2) is 0 Å². The summed E-state index contributed by atoms with van der Waals surface area (Å²) in [6.07, 6.45) is 5.61. The number of amides is 1. The summed E-state index contributed by atoms with van der Waals surface area (Å²) in [7, 11) is 0. The molecule has 116 valence electrons. The van der Waals surface area contributed by atoms with Crippen molar-refractivity contribution in [1.82, 2.24) is 20.1 Å². The predicted octanol–water partition coefficient (Wildman–Crippen LogP) is 2.98. The number of nitrogens with one attached hydrogen (secondary N) is 1. The Balaban J connectivity index is 1.57. The van der Waals surface area contributed by atoms with Gasteiger partial charge >= 0.3 is 0 Å². The first-order chi connectivity index (χ1) is 11.3. The Hall–Kier alpha value is -2.69. The number of benzene rings is 1. The zero-order valence-electron chi connectivity index (χ0n) is 12.8. The lowest BCUT2D eigenvalue weighted by Gasteiger charge is -2.32. The first-order valence-corrected chi connectivity index (χ1v) is 7.94. The van der Waals surface area contributed by atoms with E-state index in [2.05, 4.69) is 33.4 Å². The number of carbonyl (C=O) groups is 1. The van der Waals surface area contributed by atoms with E-state index in [9.17, 15) is 4.79 Å². The number of fused-ring (bicyclic) bond motifs is 1. The third-order valence-electron chi connectivity index (χ3n) is 4.51. The second-order valence-corrected chi connectivity index (χ2v) is 6.02. The van der Waals surface area contributed by atoms with Crippen molar-refractivity contribution in [1.29, 1.82) is 0 Å². The van der Waals surface area contributed by atoms with Crippen molar-refractivity contribution >= 4 is 16.7 Å². The summed E-state index contributed by atoms with van der Waals surface area (Å²) in [5.74, 6) is 0.313. The molecule has 1 amide bonds. The van der Waals surface area contributed by atoms with Gasteiger partial charge in [-0.15, -0.1) is 0 Å². The van der Waals surface area contributed by atoms with Crippen molar-refractivity contribution in [2.75, 3.05) is 13.1 Å². The molecule has 0 bridgehead atoms. The molecule has 5 heteroatoms. The van der Waals surface area contributed by atoms with Gasteiger partial charge in [0.1, 0.15) is 5.69 Å². The second-order valence-electron chi connectivity index (χ2n) is 6.02. The molecular weight excluding hydrogens is 288 g/mol. The summed E-state index contributed by atoms with van der Waals surface area (Å²) in [5.41, 5.74) is 1.63. The number of likely N-dealkylation sites (tertiary alicyclic amines) is 1. The Morgan fingerprint density at radius 3 is 2.91 bits per heavy atom. The minimum atomic E-state index is 0.0213. The van der Waals surface area contributed by atoms with E-state index in [1.165, 1.54) is 5.39 Å². The van der Waals surface area contributed by atoms with E-state index < -0.39 is 0 Å². The monoisotopic (exact) mass is 306 g/mol. The summed E-state index contributed by atoms with van der Waals surface area (Å²) in [5, 5.41) is 8.97. The maximum atomic E-state index is 12.5. The summed E-state index contributed by atoms with van der Waals surface area (Å²) in [4.78, 5) is 19.0. The molecule has 0 saturated carbocycles. The van der Waals surface area contributed by atoms with Crippen LogP contribution in [0.5, 0.6) is 0 Å². The zero-order chi connectivity index (χ0) is 15.6. The molecule has 1 fully saturated rings. The maximum Gasteiger partial charge on any atom is 0.271 e. The Labute approximate surface area is 134 Å². The number of H-pyrrole nitrogens is 1. The Kier molecular flexibility index (Phi) is 3.54. The zero-order valence-corrected chi connectivity index (χ0v) is 12.8. The summed E-state index contributed by atoms with van der Waals surface area (Å²) in [6.45, 7) is 1.51. The van der Waals surface area contributed by atoms with Crippen LogP contribution in [0.3, 0.4) is 0 Å². The highest BCUT2D eigenvalue weighted by molar-refractivity contribution is 5.92. The number of nitrogens with zero attached hydrogens (tertiary/aromatic N) is 3. The quantitative estimate of drug-likeness (QED) is 0.791. The number of aromatic nitrogens is 3. The van der Waals surface area contributed by atoms with Crippen LogP contribution in [0.2, 0.25) is 0 Å². The second kappa shape index (κ2) is 5.83. The SMILES string of the molecule is O=C(c1ccn[nH]1)N1CCCC(c2cc3ccccc3cn2)C1. The summed E-state index contributed by atoms with van der Waals surface area (Å²) < 4.78 is 0. The molecule has 1 aromatic carbocycles. The number of pyridine rings is 1. The van der Waals surface area contributed by atoms with Gasteiger partial charge in [0.25, 0.3) is 5.91 Å². The topological polar surface area (TPSA) is 61.9 Å². The van der Waals surface area contributed by atoms with Crippen LogP contribution < -0.4 is 0 Å². The summed E-state index contributed by atoms with van der Waals surface area (Å²) in [6, 6.07) is 12.1. The lowest BCUT2D eigenvalue weighted by Crippen LogP contribution is -2.39. The van der Waals surface area contributed by atoms with Crippen molar-refractivity contribution in [3.63, 3.8) is 0 Å². The minimum Gasteiger partial charge on any atom is -0.337 e. The number of hydrogen-bond donors (Lipinski definition) is 1. The maximum absolute atomic E-state index is 12.5. The molecule has 4 rings (SSSR count). The molecule has 0 radical (unpaired) electrons. The van der Waals surface area contributed by atoms with E-state index >= 15 is 0 Å². The van der Waals surface area contributed by atoms with Gasteiger partial charge in [0.05, 0.1) is 0 Å². The number of rotatable bonds is 2. The van der Waals surface area contributed by atoms with E-state index in [1.807, 2.05) is 23.2 Å². The molecular formula is C18H18N4O. The van der Waals surface area contributed by atoms with E-state index in [4.69, 9.17) is 0 Å². The van der Waals surface area contributed by atoms with E-state index in [1.54, 1.807) is 12.3 Å². The van der Waals surface area contributed by atoms with E-state index in [0.29, 0.717) is 18.2 Å². The van der Waals surface area contributed by atoms with Crippen molar-refractivity contribution in [3.8, 4) is 0 Å². The third kappa shape index (κ3) is 2.70. The molecule has 1 saturated heterocycles. The van der Waals surface area contributed by atoms with Crippen LogP contribution in [0.15, 0.2) is 48.8 Å². The number of hydrogen-bond acceptors (Lipinski definition) is 3. The van der Waals surface area contributed by atoms with Gasteiger partial charge in [0.2, 0.25) is 0 Å². The molecule has 1 aliphatic heterocycles. The average Bonchev–Trinajstić information content (AvgIpc) is 3.15. The molecule has 1 N–H and O–H groups in total. The Morgan fingerprint density at radius 2 is 2.09 bits per heavy atom. The van der Waals surface area contributed by atoms with Crippen LogP contribution in [-0.2, 0) is 0 Å². The molecule has 23 heavy (non-hydrogen) atoms. The molecule has 3 aromatic rings. The lowest BCUT2D eigenvalue weighted by atomic mass is 9.93. The van der Waals surface area contributed by atoms with Gasteiger partial charge in [-0.3, -0.25) is 14.9 Å². The molecule has 3 heterocycles. The Bertz CT molecular complexity index is 828. The highest BCUT2D eigenvalue weighted by atomic mass is 16.2. The first kappa shape index (κ1) is 13.9. The van der Waals surface area contributed by atoms with Crippen LogP contribution >= 0.6 is 0 Å². The summed E-state index contributed by atoms with van der Waals surface area (Å²) >= 11 is 0. The van der Waals surface area contributed by atoms with Crippen molar-refractivity contribution in [2.45, 2.75) is 18.8 Å². The molecule has 0 aliphatic carbocycles. The third-order valence-corrected chi connectivity index (χ3v) is 4.51. The minimum absolute atomic E-state index is 0.0213. The van der Waals surface area contributed by atoms with Crippen molar-refractivity contribution in [3.05, 3.63) is 60.2 Å². The van der Waals surface area contributed by atoms with Crippen LogP contribution in [0, 0.1) is 0 Å². The van der Waals surface area contributed by atoms with Gasteiger partial charge in [-0.05, 0) is 30.4 Å². The largest absolute Gasteiger partial charge is 0.337 e. The van der Waals surface area contributed by atoms with Gasteiger partial charge in [-0.1, -0.05) is 24.3 Å². The van der Waals surface area contributed by atoms with Crippen LogP contribution in [0.1, 0.15) is 34.9 Å². The predicted molar refractivity (Wildman–Crippen MR) is 88.2 cm³/mol. The molecule has 1 aliphatic rings. The fourth-order valence-corrected chi connectivity index (χ4v) is 3.27. The fourth-order valence-electron chi connectivity index (χ4n) is 3.27. The molecule has 0 spiro atoms. The highest BCUT2D eigenvalue weighted by Crippen LogP contribution is 2.28. The van der Waals surface area contributed by atoms with Crippen molar-refractivity contribution in [2.24, 2.45) is 0 Å². The van der Waals surface area contributed by atoms with E-state index in [-0.39, 0.29) is 5.91 Å².